The normalized spacial score (nSPS) is 13.1. The van der Waals surface area contributed by atoms with Crippen LogP contribution in [0.5, 0.6) is 0 Å². The standard InChI is InChI=1S/C22H23N3O4.ClH/c1-28-18-13-25(17-10-3-14(4-11-17)5-12-19(26)29-2)22(27)20(18)15-6-8-16(9-7-15)21(23)24;/h3-4,6-11H,5,12-13H2,1-2H3,(H3,23,24);1H. The van der Waals surface area contributed by atoms with Gasteiger partial charge in [0.25, 0.3) is 5.91 Å². The Labute approximate surface area is 181 Å². The molecule has 0 spiro atoms. The zero-order valence-corrected chi connectivity index (χ0v) is 17.6. The van der Waals surface area contributed by atoms with Crippen LogP contribution in [0.4, 0.5) is 5.69 Å². The summed E-state index contributed by atoms with van der Waals surface area (Å²) >= 11 is 0. The van der Waals surface area contributed by atoms with Crippen LogP contribution in [0.2, 0.25) is 0 Å². The highest BCUT2D eigenvalue weighted by molar-refractivity contribution is 6.29. The van der Waals surface area contributed by atoms with Crippen molar-refractivity contribution in [1.29, 1.82) is 5.41 Å². The fourth-order valence-electron chi connectivity index (χ4n) is 3.22. The number of nitrogens with one attached hydrogen (secondary N) is 1. The zero-order valence-electron chi connectivity index (χ0n) is 16.8. The summed E-state index contributed by atoms with van der Waals surface area (Å²) in [5, 5.41) is 7.50. The van der Waals surface area contributed by atoms with Gasteiger partial charge in [0.1, 0.15) is 11.6 Å². The molecule has 0 aliphatic carbocycles. The molecule has 0 aromatic heterocycles. The van der Waals surface area contributed by atoms with Crippen molar-refractivity contribution in [2.24, 2.45) is 5.73 Å². The third-order valence-electron chi connectivity index (χ3n) is 4.86. The van der Waals surface area contributed by atoms with Crippen LogP contribution in [0, 0.1) is 5.41 Å². The van der Waals surface area contributed by atoms with Crippen LogP contribution in [0.3, 0.4) is 0 Å². The Bertz CT molecular complexity index is 969. The van der Waals surface area contributed by atoms with E-state index in [1.165, 1.54) is 7.11 Å². The lowest BCUT2D eigenvalue weighted by atomic mass is 10.0. The minimum absolute atomic E-state index is 0. The lowest BCUT2D eigenvalue weighted by Crippen LogP contribution is -2.26. The largest absolute Gasteiger partial charge is 0.498 e. The van der Waals surface area contributed by atoms with Gasteiger partial charge in [-0.25, -0.2) is 0 Å². The Morgan fingerprint density at radius 1 is 1.10 bits per heavy atom. The summed E-state index contributed by atoms with van der Waals surface area (Å²) in [6.45, 7) is 0.334. The Balaban J connectivity index is 0.00000320. The highest BCUT2D eigenvalue weighted by Gasteiger charge is 2.33. The lowest BCUT2D eigenvalue weighted by molar-refractivity contribution is -0.140. The number of benzene rings is 2. The maximum Gasteiger partial charge on any atom is 0.305 e. The molecular weight excluding hydrogens is 406 g/mol. The molecule has 1 aliphatic rings. The number of hydrogen-bond donors (Lipinski definition) is 2. The third-order valence-corrected chi connectivity index (χ3v) is 4.86. The van der Waals surface area contributed by atoms with Crippen LogP contribution in [0.15, 0.2) is 54.3 Å². The summed E-state index contributed by atoms with van der Waals surface area (Å²) in [6, 6.07) is 14.5. The van der Waals surface area contributed by atoms with E-state index in [9.17, 15) is 9.59 Å². The zero-order chi connectivity index (χ0) is 21.0. The average Bonchev–Trinajstić information content (AvgIpc) is 3.08. The molecule has 0 saturated heterocycles. The number of anilines is 1. The minimum atomic E-state index is -0.252. The number of esters is 1. The maximum atomic E-state index is 13.1. The molecule has 0 atom stereocenters. The number of aryl methyl sites for hydroxylation is 1. The molecule has 0 fully saturated rings. The summed E-state index contributed by atoms with van der Waals surface area (Å²) in [6.07, 6.45) is 0.893. The van der Waals surface area contributed by atoms with Gasteiger partial charge in [0.2, 0.25) is 0 Å². The van der Waals surface area contributed by atoms with Gasteiger partial charge in [-0.1, -0.05) is 36.4 Å². The molecule has 1 amide bonds. The number of carbonyl (C=O) groups is 2. The Hall–Kier alpha value is -3.32. The molecule has 2 aromatic carbocycles. The van der Waals surface area contributed by atoms with E-state index in [0.29, 0.717) is 41.8 Å². The van der Waals surface area contributed by atoms with Crippen LogP contribution >= 0.6 is 12.4 Å². The number of amides is 1. The molecule has 0 radical (unpaired) electrons. The molecular formula is C22H24ClN3O4. The number of carbonyl (C=O) groups excluding carboxylic acids is 2. The monoisotopic (exact) mass is 429 g/mol. The molecule has 30 heavy (non-hydrogen) atoms. The maximum absolute atomic E-state index is 13.1. The Kier molecular flexibility index (Phi) is 7.60. The molecule has 0 bridgehead atoms. The Morgan fingerprint density at radius 3 is 2.27 bits per heavy atom. The smallest absolute Gasteiger partial charge is 0.305 e. The number of ether oxygens (including phenoxy) is 2. The van der Waals surface area contributed by atoms with Crippen molar-refractivity contribution in [3.05, 3.63) is 71.0 Å². The predicted octanol–water partition coefficient (Wildman–Crippen LogP) is 2.90. The number of nitrogens with zero attached hydrogens (tertiary/aromatic N) is 1. The van der Waals surface area contributed by atoms with Gasteiger partial charge in [-0.05, 0) is 29.7 Å². The van der Waals surface area contributed by atoms with E-state index in [0.717, 1.165) is 11.3 Å². The van der Waals surface area contributed by atoms with Crippen molar-refractivity contribution < 1.29 is 19.1 Å². The van der Waals surface area contributed by atoms with Crippen LogP contribution in [0.25, 0.3) is 5.57 Å². The number of methoxy groups -OCH3 is 2. The first-order valence-corrected chi connectivity index (χ1v) is 9.14. The van der Waals surface area contributed by atoms with E-state index in [1.807, 2.05) is 24.3 Å². The number of rotatable bonds is 7. The second-order valence-electron chi connectivity index (χ2n) is 6.63. The summed E-state index contributed by atoms with van der Waals surface area (Å²) in [7, 11) is 2.92. The molecule has 1 aliphatic heterocycles. The van der Waals surface area contributed by atoms with E-state index in [4.69, 9.17) is 15.9 Å². The van der Waals surface area contributed by atoms with E-state index < -0.39 is 0 Å². The molecule has 2 aromatic rings. The molecule has 8 heteroatoms. The summed E-state index contributed by atoms with van der Waals surface area (Å²) in [4.78, 5) is 26.0. The van der Waals surface area contributed by atoms with Crippen molar-refractivity contribution in [3.63, 3.8) is 0 Å². The highest BCUT2D eigenvalue weighted by Crippen LogP contribution is 2.32. The van der Waals surface area contributed by atoms with Gasteiger partial charge in [0.15, 0.2) is 0 Å². The van der Waals surface area contributed by atoms with Gasteiger partial charge in [-0.2, -0.15) is 0 Å². The van der Waals surface area contributed by atoms with Gasteiger partial charge >= 0.3 is 5.97 Å². The van der Waals surface area contributed by atoms with Crippen molar-refractivity contribution in [3.8, 4) is 0 Å². The number of nitrogens with two attached hydrogens (primary N) is 1. The van der Waals surface area contributed by atoms with Gasteiger partial charge in [-0.15, -0.1) is 12.4 Å². The lowest BCUT2D eigenvalue weighted by Gasteiger charge is -2.17. The molecule has 1 heterocycles. The summed E-state index contributed by atoms with van der Waals surface area (Å²) < 4.78 is 10.1. The van der Waals surface area contributed by atoms with Crippen molar-refractivity contribution >= 4 is 41.4 Å². The minimum Gasteiger partial charge on any atom is -0.498 e. The molecule has 158 valence electrons. The molecule has 0 unspecified atom stereocenters. The van der Waals surface area contributed by atoms with Crippen molar-refractivity contribution in [1.82, 2.24) is 0 Å². The van der Waals surface area contributed by atoms with Crippen molar-refractivity contribution in [2.45, 2.75) is 12.8 Å². The quantitative estimate of drug-likeness (QED) is 0.400. The van der Waals surface area contributed by atoms with Crippen LogP contribution in [-0.2, 0) is 25.5 Å². The van der Waals surface area contributed by atoms with E-state index in [-0.39, 0.29) is 30.1 Å². The predicted molar refractivity (Wildman–Crippen MR) is 118 cm³/mol. The number of hydrogen-bond acceptors (Lipinski definition) is 5. The summed E-state index contributed by atoms with van der Waals surface area (Å²) in [5.74, 6) is 0.155. The molecule has 7 nitrogen and oxygen atoms in total. The molecule has 0 saturated carbocycles. The highest BCUT2D eigenvalue weighted by atomic mass is 35.5. The van der Waals surface area contributed by atoms with E-state index in [2.05, 4.69) is 4.74 Å². The fraction of sp³-hybridized carbons (Fsp3) is 0.227. The third kappa shape index (κ3) is 4.80. The van der Waals surface area contributed by atoms with Gasteiger partial charge in [0, 0.05) is 17.7 Å². The molecule has 3 rings (SSSR count). The fourth-order valence-corrected chi connectivity index (χ4v) is 3.22. The molecule has 3 N–H and O–H groups in total. The van der Waals surface area contributed by atoms with Crippen LogP contribution in [0.1, 0.15) is 23.1 Å². The number of nitrogen functional groups attached to an aromatic ring is 1. The first-order chi connectivity index (χ1) is 13.9. The van der Waals surface area contributed by atoms with E-state index >= 15 is 0 Å². The number of amidine groups is 1. The van der Waals surface area contributed by atoms with E-state index in [1.54, 1.807) is 36.3 Å². The first kappa shape index (κ1) is 23.0. The Morgan fingerprint density at radius 2 is 1.73 bits per heavy atom. The first-order valence-electron chi connectivity index (χ1n) is 9.14. The average molecular weight is 430 g/mol. The van der Waals surface area contributed by atoms with Crippen LogP contribution in [-0.4, -0.2) is 38.5 Å². The SMILES string of the molecule is COC(=O)CCc1ccc(N2CC(OC)=C(c3ccc(C(=N)N)cc3)C2=O)cc1.Cl. The second kappa shape index (κ2) is 9.93. The summed E-state index contributed by atoms with van der Waals surface area (Å²) in [5.41, 5.74) is 9.05. The topological polar surface area (TPSA) is 106 Å². The number of halogens is 1. The second-order valence-corrected chi connectivity index (χ2v) is 6.63. The van der Waals surface area contributed by atoms with Gasteiger partial charge < -0.3 is 20.1 Å². The van der Waals surface area contributed by atoms with Crippen molar-refractivity contribution in [2.75, 3.05) is 25.7 Å². The van der Waals surface area contributed by atoms with Gasteiger partial charge in [0.05, 0.1) is 26.3 Å². The van der Waals surface area contributed by atoms with Gasteiger partial charge in [-0.3, -0.25) is 15.0 Å². The van der Waals surface area contributed by atoms with Crippen LogP contribution < -0.4 is 10.6 Å².